The first-order valence-corrected chi connectivity index (χ1v) is 7.21. The van der Waals surface area contributed by atoms with Crippen LogP contribution < -0.4 is 4.74 Å². The SMILES string of the molecule is COc1cc(C(=O)O)ccc1Sc1ccc(CC(=O)O)cc1. The molecule has 2 rings (SSSR count). The van der Waals surface area contributed by atoms with Crippen LogP contribution in [0.2, 0.25) is 0 Å². The highest BCUT2D eigenvalue weighted by atomic mass is 32.2. The van der Waals surface area contributed by atoms with Crippen LogP contribution in [0.25, 0.3) is 0 Å². The van der Waals surface area contributed by atoms with Gasteiger partial charge in [0, 0.05) is 4.90 Å². The van der Waals surface area contributed by atoms with Crippen LogP contribution in [0.4, 0.5) is 0 Å². The van der Waals surface area contributed by atoms with E-state index in [1.165, 1.54) is 31.0 Å². The fraction of sp³-hybridized carbons (Fsp3) is 0.125. The van der Waals surface area contributed by atoms with Crippen molar-refractivity contribution in [3.63, 3.8) is 0 Å². The highest BCUT2D eigenvalue weighted by Gasteiger charge is 2.10. The van der Waals surface area contributed by atoms with Gasteiger partial charge >= 0.3 is 11.9 Å². The molecule has 0 aliphatic rings. The van der Waals surface area contributed by atoms with Gasteiger partial charge in [0.15, 0.2) is 0 Å². The van der Waals surface area contributed by atoms with Gasteiger partial charge in [-0.1, -0.05) is 23.9 Å². The molecule has 0 aliphatic carbocycles. The average Bonchev–Trinajstić information content (AvgIpc) is 2.49. The molecule has 2 aromatic rings. The Morgan fingerprint density at radius 2 is 1.77 bits per heavy atom. The van der Waals surface area contributed by atoms with Gasteiger partial charge in [-0.15, -0.1) is 0 Å². The number of benzene rings is 2. The van der Waals surface area contributed by atoms with E-state index in [2.05, 4.69) is 0 Å². The Hall–Kier alpha value is -2.47. The molecule has 2 N–H and O–H groups in total. The zero-order valence-electron chi connectivity index (χ0n) is 11.8. The molecule has 0 saturated heterocycles. The van der Waals surface area contributed by atoms with Gasteiger partial charge in [0.25, 0.3) is 0 Å². The molecule has 0 aliphatic heterocycles. The number of aliphatic carboxylic acids is 1. The molecular formula is C16H14O5S. The lowest BCUT2D eigenvalue weighted by Crippen LogP contribution is -1.99. The first-order valence-electron chi connectivity index (χ1n) is 6.39. The van der Waals surface area contributed by atoms with Crippen LogP contribution in [0.3, 0.4) is 0 Å². The monoisotopic (exact) mass is 318 g/mol. The molecule has 0 aromatic heterocycles. The molecule has 0 amide bonds. The highest BCUT2D eigenvalue weighted by Crippen LogP contribution is 2.35. The maximum absolute atomic E-state index is 11.0. The summed E-state index contributed by atoms with van der Waals surface area (Å²) >= 11 is 1.42. The van der Waals surface area contributed by atoms with Crippen LogP contribution in [0, 0.1) is 0 Å². The second-order valence-electron chi connectivity index (χ2n) is 4.49. The number of carbonyl (C=O) groups is 2. The van der Waals surface area contributed by atoms with Crippen molar-refractivity contribution in [2.75, 3.05) is 7.11 Å². The normalized spacial score (nSPS) is 10.2. The smallest absolute Gasteiger partial charge is 0.335 e. The van der Waals surface area contributed by atoms with E-state index in [0.29, 0.717) is 5.75 Å². The Morgan fingerprint density at radius 3 is 2.32 bits per heavy atom. The molecule has 114 valence electrons. The first kappa shape index (κ1) is 15.9. The van der Waals surface area contributed by atoms with Gasteiger partial charge in [0.05, 0.1) is 24.0 Å². The Kier molecular flexibility index (Phi) is 5.06. The zero-order chi connectivity index (χ0) is 16.1. The molecule has 0 radical (unpaired) electrons. The third-order valence-corrected chi connectivity index (χ3v) is 3.98. The van der Waals surface area contributed by atoms with Crippen molar-refractivity contribution in [3.8, 4) is 5.75 Å². The molecule has 0 fully saturated rings. The number of methoxy groups -OCH3 is 1. The number of ether oxygens (including phenoxy) is 1. The number of hydrogen-bond acceptors (Lipinski definition) is 4. The molecular weight excluding hydrogens is 304 g/mol. The second kappa shape index (κ2) is 7.00. The van der Waals surface area contributed by atoms with E-state index in [4.69, 9.17) is 14.9 Å². The lowest BCUT2D eigenvalue weighted by Gasteiger charge is -2.09. The molecule has 0 bridgehead atoms. The zero-order valence-corrected chi connectivity index (χ0v) is 12.6. The number of carboxylic acids is 2. The van der Waals surface area contributed by atoms with Crippen molar-refractivity contribution in [2.45, 2.75) is 16.2 Å². The molecule has 22 heavy (non-hydrogen) atoms. The molecule has 6 heteroatoms. The average molecular weight is 318 g/mol. The summed E-state index contributed by atoms with van der Waals surface area (Å²) in [6.45, 7) is 0. The molecule has 0 spiro atoms. The van der Waals surface area contributed by atoms with Gasteiger partial charge in [-0.05, 0) is 35.9 Å². The quantitative estimate of drug-likeness (QED) is 0.851. The minimum Gasteiger partial charge on any atom is -0.496 e. The van der Waals surface area contributed by atoms with Gasteiger partial charge in [-0.2, -0.15) is 0 Å². The van der Waals surface area contributed by atoms with Gasteiger partial charge in [-0.3, -0.25) is 4.79 Å². The van der Waals surface area contributed by atoms with Gasteiger partial charge < -0.3 is 14.9 Å². The van der Waals surface area contributed by atoms with E-state index >= 15 is 0 Å². The van der Waals surface area contributed by atoms with E-state index in [0.717, 1.165) is 15.4 Å². The second-order valence-corrected chi connectivity index (χ2v) is 5.60. The van der Waals surface area contributed by atoms with Gasteiger partial charge in [-0.25, -0.2) is 4.79 Å². The van der Waals surface area contributed by atoms with Crippen molar-refractivity contribution in [1.29, 1.82) is 0 Å². The fourth-order valence-electron chi connectivity index (χ4n) is 1.86. The molecule has 5 nitrogen and oxygen atoms in total. The van der Waals surface area contributed by atoms with Crippen molar-refractivity contribution >= 4 is 23.7 Å². The van der Waals surface area contributed by atoms with E-state index in [-0.39, 0.29) is 12.0 Å². The number of rotatable bonds is 6. The largest absolute Gasteiger partial charge is 0.496 e. The van der Waals surface area contributed by atoms with Crippen molar-refractivity contribution in [2.24, 2.45) is 0 Å². The summed E-state index contributed by atoms with van der Waals surface area (Å²) in [5.41, 5.74) is 0.892. The third-order valence-electron chi connectivity index (χ3n) is 2.92. The summed E-state index contributed by atoms with van der Waals surface area (Å²) in [7, 11) is 1.49. The Labute approximate surface area is 131 Å². The Morgan fingerprint density at radius 1 is 1.09 bits per heavy atom. The van der Waals surface area contributed by atoms with Crippen molar-refractivity contribution in [1.82, 2.24) is 0 Å². The van der Waals surface area contributed by atoms with E-state index in [1.807, 2.05) is 12.1 Å². The maximum Gasteiger partial charge on any atom is 0.335 e. The first-order chi connectivity index (χ1) is 10.5. The standard InChI is InChI=1S/C16H14O5S/c1-21-13-9-11(16(19)20)4-7-14(13)22-12-5-2-10(3-6-12)8-15(17)18/h2-7,9H,8H2,1H3,(H,17,18)(H,19,20). The number of carboxylic acid groups (broad SMARTS) is 2. The molecule has 0 saturated carbocycles. The van der Waals surface area contributed by atoms with Gasteiger partial charge in [0.1, 0.15) is 5.75 Å². The highest BCUT2D eigenvalue weighted by molar-refractivity contribution is 7.99. The van der Waals surface area contributed by atoms with E-state index in [9.17, 15) is 9.59 Å². The van der Waals surface area contributed by atoms with Crippen LogP contribution in [-0.4, -0.2) is 29.3 Å². The molecule has 0 atom stereocenters. The summed E-state index contributed by atoms with van der Waals surface area (Å²) in [6.07, 6.45) is -0.0123. The molecule has 2 aromatic carbocycles. The summed E-state index contributed by atoms with van der Waals surface area (Å²) in [4.78, 5) is 23.3. The van der Waals surface area contributed by atoms with E-state index < -0.39 is 11.9 Å². The minimum absolute atomic E-state index is 0.0123. The number of hydrogen-bond donors (Lipinski definition) is 2. The Balaban J connectivity index is 2.19. The lowest BCUT2D eigenvalue weighted by molar-refractivity contribution is -0.136. The summed E-state index contributed by atoms with van der Waals surface area (Å²) < 4.78 is 5.22. The fourth-order valence-corrected chi connectivity index (χ4v) is 2.77. The van der Waals surface area contributed by atoms with Crippen LogP contribution in [0.5, 0.6) is 5.75 Å². The van der Waals surface area contributed by atoms with Gasteiger partial charge in [0.2, 0.25) is 0 Å². The van der Waals surface area contributed by atoms with Crippen LogP contribution >= 0.6 is 11.8 Å². The van der Waals surface area contributed by atoms with Crippen molar-refractivity contribution in [3.05, 3.63) is 53.6 Å². The predicted molar refractivity (Wildman–Crippen MR) is 81.9 cm³/mol. The molecule has 0 heterocycles. The van der Waals surface area contributed by atoms with Crippen LogP contribution in [0.1, 0.15) is 15.9 Å². The lowest BCUT2D eigenvalue weighted by atomic mass is 10.2. The van der Waals surface area contributed by atoms with Crippen LogP contribution in [0.15, 0.2) is 52.3 Å². The summed E-state index contributed by atoms with van der Waals surface area (Å²) in [6, 6.07) is 11.9. The Bertz CT molecular complexity index is 694. The summed E-state index contributed by atoms with van der Waals surface area (Å²) in [5.74, 6) is -1.39. The van der Waals surface area contributed by atoms with E-state index in [1.54, 1.807) is 18.2 Å². The summed E-state index contributed by atoms with van der Waals surface area (Å²) in [5, 5.41) is 17.7. The molecule has 0 unspecified atom stereocenters. The third kappa shape index (κ3) is 4.02. The predicted octanol–water partition coefficient (Wildman–Crippen LogP) is 3.17. The maximum atomic E-state index is 11.0. The topological polar surface area (TPSA) is 83.8 Å². The van der Waals surface area contributed by atoms with Crippen molar-refractivity contribution < 1.29 is 24.5 Å². The number of aromatic carboxylic acids is 1. The minimum atomic E-state index is -1.01. The van der Waals surface area contributed by atoms with Crippen LogP contribution in [-0.2, 0) is 11.2 Å².